The minimum absolute atomic E-state index is 0.824. The lowest BCUT2D eigenvalue weighted by molar-refractivity contribution is 0.306. The maximum atomic E-state index is 5.73. The first-order valence-electron chi connectivity index (χ1n) is 7.90. The van der Waals surface area contributed by atoms with Crippen molar-refractivity contribution in [3.05, 3.63) is 72.1 Å². The smallest absolute Gasteiger partial charge is 0.119 e. The van der Waals surface area contributed by atoms with Crippen LogP contribution in [0.5, 0.6) is 5.75 Å². The van der Waals surface area contributed by atoms with Gasteiger partial charge < -0.3 is 4.74 Å². The summed E-state index contributed by atoms with van der Waals surface area (Å²) in [5.74, 6) is 0.983. The fourth-order valence-electron chi connectivity index (χ4n) is 2.29. The van der Waals surface area contributed by atoms with Crippen LogP contribution < -0.4 is 4.74 Å². The van der Waals surface area contributed by atoms with Gasteiger partial charge in [-0.3, -0.25) is 0 Å². The number of unbranched alkanes of at least 4 members (excludes halogenated alkanes) is 2. The molecule has 0 saturated carbocycles. The highest BCUT2D eigenvalue weighted by atomic mass is 16.5. The van der Waals surface area contributed by atoms with E-state index in [-0.39, 0.29) is 0 Å². The Balaban J connectivity index is 1.78. The quantitative estimate of drug-likeness (QED) is 0.602. The molecule has 0 aliphatic carbocycles. The molecule has 1 radical (unpaired) electrons. The highest BCUT2D eigenvalue weighted by Gasteiger charge is 1.98. The van der Waals surface area contributed by atoms with Crippen LogP contribution in [-0.4, -0.2) is 6.61 Å². The topological polar surface area (TPSA) is 9.23 Å². The van der Waals surface area contributed by atoms with E-state index in [0.717, 1.165) is 37.2 Å². The summed E-state index contributed by atoms with van der Waals surface area (Å²) >= 11 is 0. The van der Waals surface area contributed by atoms with Gasteiger partial charge in [-0.25, -0.2) is 0 Å². The van der Waals surface area contributed by atoms with Gasteiger partial charge in [-0.15, -0.1) is 0 Å². The molecule has 0 fully saturated rings. The van der Waals surface area contributed by atoms with E-state index in [2.05, 4.69) is 62.4 Å². The molecule has 0 aromatic heterocycles. The first-order valence-corrected chi connectivity index (χ1v) is 7.90. The van der Waals surface area contributed by atoms with Crippen LogP contribution in [0.4, 0.5) is 0 Å². The third kappa shape index (κ3) is 5.63. The monoisotopic (exact) mass is 281 g/mol. The van der Waals surface area contributed by atoms with E-state index in [1.165, 1.54) is 24.0 Å². The highest BCUT2D eigenvalue weighted by Crippen LogP contribution is 2.15. The molecule has 0 aliphatic heterocycles. The van der Waals surface area contributed by atoms with E-state index in [0.29, 0.717) is 0 Å². The van der Waals surface area contributed by atoms with Gasteiger partial charge in [0.25, 0.3) is 0 Å². The molecule has 2 aromatic carbocycles. The fourth-order valence-corrected chi connectivity index (χ4v) is 2.29. The zero-order valence-corrected chi connectivity index (χ0v) is 13.0. The van der Waals surface area contributed by atoms with Crippen molar-refractivity contribution < 1.29 is 4.74 Å². The second-order valence-corrected chi connectivity index (χ2v) is 5.52. The van der Waals surface area contributed by atoms with E-state index in [1.54, 1.807) is 0 Å². The zero-order chi connectivity index (χ0) is 14.9. The van der Waals surface area contributed by atoms with Crippen molar-refractivity contribution in [2.45, 2.75) is 39.0 Å². The van der Waals surface area contributed by atoms with E-state index in [4.69, 9.17) is 4.74 Å². The molecular formula is C20H25O. The molecule has 21 heavy (non-hydrogen) atoms. The molecule has 0 bridgehead atoms. The molecule has 0 unspecified atom stereocenters. The number of aryl methyl sites for hydroxylation is 2. The summed E-state index contributed by atoms with van der Waals surface area (Å²) in [7, 11) is 0. The fraction of sp³-hybridized carbons (Fsp3) is 0.350. The Kier molecular flexibility index (Phi) is 6.33. The summed E-state index contributed by atoms with van der Waals surface area (Å²) in [6.07, 6.45) is 5.74. The van der Waals surface area contributed by atoms with Crippen LogP contribution in [0.1, 0.15) is 42.9 Å². The number of hydrogen-bond donors (Lipinski definition) is 0. The maximum absolute atomic E-state index is 5.73. The van der Waals surface area contributed by atoms with Crippen molar-refractivity contribution in [2.75, 3.05) is 6.61 Å². The molecule has 1 nitrogen and oxygen atoms in total. The minimum atomic E-state index is 0.824. The molecule has 0 aliphatic rings. The van der Waals surface area contributed by atoms with Gasteiger partial charge in [0.05, 0.1) is 6.61 Å². The number of hydrogen-bond acceptors (Lipinski definition) is 1. The Morgan fingerprint density at radius 2 is 1.38 bits per heavy atom. The van der Waals surface area contributed by atoms with E-state index >= 15 is 0 Å². The van der Waals surface area contributed by atoms with Crippen molar-refractivity contribution in [1.29, 1.82) is 0 Å². The standard InChI is InChI=1S/C20H25O/c1-3-4-5-16-21-20-14-12-19(13-15-20)11-10-18-8-6-17(2)7-9-18/h6-9,12-15H,2-5,10-11,16H2,1H3. The van der Waals surface area contributed by atoms with E-state index < -0.39 is 0 Å². The van der Waals surface area contributed by atoms with Crippen molar-refractivity contribution >= 4 is 0 Å². The molecule has 1 heteroatoms. The third-order valence-corrected chi connectivity index (χ3v) is 3.67. The van der Waals surface area contributed by atoms with Crippen LogP contribution >= 0.6 is 0 Å². The van der Waals surface area contributed by atoms with Gasteiger partial charge in [0.1, 0.15) is 5.75 Å². The average molecular weight is 281 g/mol. The second kappa shape index (κ2) is 8.51. The predicted molar refractivity (Wildman–Crippen MR) is 89.8 cm³/mol. The number of rotatable bonds is 8. The van der Waals surface area contributed by atoms with Crippen molar-refractivity contribution in [3.63, 3.8) is 0 Å². The lowest BCUT2D eigenvalue weighted by Crippen LogP contribution is -1.97. The Labute approximate surface area is 129 Å². The number of ether oxygens (including phenoxy) is 1. The molecular weight excluding hydrogens is 256 g/mol. The van der Waals surface area contributed by atoms with Gasteiger partial charge in [-0.1, -0.05) is 56.2 Å². The van der Waals surface area contributed by atoms with Crippen molar-refractivity contribution in [1.82, 2.24) is 0 Å². The Morgan fingerprint density at radius 1 is 0.810 bits per heavy atom. The summed E-state index contributed by atoms with van der Waals surface area (Å²) in [6, 6.07) is 17.0. The van der Waals surface area contributed by atoms with Gasteiger partial charge in [0.15, 0.2) is 0 Å². The SMILES string of the molecule is [CH2]c1ccc(CCc2ccc(OCCCCC)cc2)cc1. The molecule has 0 spiro atoms. The Hall–Kier alpha value is -1.76. The highest BCUT2D eigenvalue weighted by molar-refractivity contribution is 5.29. The predicted octanol–water partition coefficient (Wildman–Crippen LogP) is 5.22. The lowest BCUT2D eigenvalue weighted by Gasteiger charge is -2.07. The maximum Gasteiger partial charge on any atom is 0.119 e. The summed E-state index contributed by atoms with van der Waals surface area (Å²) in [5, 5.41) is 0. The molecule has 0 atom stereocenters. The largest absolute Gasteiger partial charge is 0.494 e. The second-order valence-electron chi connectivity index (χ2n) is 5.52. The minimum Gasteiger partial charge on any atom is -0.494 e. The van der Waals surface area contributed by atoms with Crippen molar-refractivity contribution in [2.24, 2.45) is 0 Å². The molecule has 0 N–H and O–H groups in total. The summed E-state index contributed by atoms with van der Waals surface area (Å²) in [5.41, 5.74) is 3.79. The first kappa shape index (κ1) is 15.6. The van der Waals surface area contributed by atoms with E-state index in [1.807, 2.05) is 0 Å². The van der Waals surface area contributed by atoms with Gasteiger partial charge in [0, 0.05) is 0 Å². The first-order chi connectivity index (χ1) is 10.3. The molecule has 0 amide bonds. The van der Waals surface area contributed by atoms with Crippen molar-refractivity contribution in [3.8, 4) is 5.75 Å². The number of benzene rings is 2. The average Bonchev–Trinajstić information content (AvgIpc) is 2.52. The Morgan fingerprint density at radius 3 is 1.95 bits per heavy atom. The van der Waals surface area contributed by atoms with Crippen LogP contribution in [0.3, 0.4) is 0 Å². The summed E-state index contributed by atoms with van der Waals surface area (Å²) in [4.78, 5) is 0. The zero-order valence-electron chi connectivity index (χ0n) is 13.0. The molecule has 0 saturated heterocycles. The van der Waals surface area contributed by atoms with Crippen LogP contribution in [0.2, 0.25) is 0 Å². The molecule has 2 aromatic rings. The van der Waals surface area contributed by atoms with Crippen LogP contribution in [0.15, 0.2) is 48.5 Å². The van der Waals surface area contributed by atoms with Gasteiger partial charge in [-0.05, 0) is 55.0 Å². The Bertz CT molecular complexity index is 511. The summed E-state index contributed by atoms with van der Waals surface area (Å²) in [6.45, 7) is 6.94. The van der Waals surface area contributed by atoms with Gasteiger partial charge >= 0.3 is 0 Å². The van der Waals surface area contributed by atoms with Gasteiger partial charge in [0.2, 0.25) is 0 Å². The molecule has 111 valence electrons. The van der Waals surface area contributed by atoms with Gasteiger partial charge in [-0.2, -0.15) is 0 Å². The normalized spacial score (nSPS) is 10.6. The molecule has 0 heterocycles. The summed E-state index contributed by atoms with van der Waals surface area (Å²) < 4.78 is 5.73. The lowest BCUT2D eigenvalue weighted by atomic mass is 10.0. The van der Waals surface area contributed by atoms with Crippen LogP contribution in [-0.2, 0) is 12.8 Å². The van der Waals surface area contributed by atoms with Crippen LogP contribution in [0, 0.1) is 6.92 Å². The molecule has 2 rings (SSSR count). The third-order valence-electron chi connectivity index (χ3n) is 3.67. The van der Waals surface area contributed by atoms with E-state index in [9.17, 15) is 0 Å². The van der Waals surface area contributed by atoms with Crippen LogP contribution in [0.25, 0.3) is 0 Å².